The van der Waals surface area contributed by atoms with Crippen LogP contribution in [-0.2, 0) is 9.47 Å². The molecule has 0 atom stereocenters. The summed E-state index contributed by atoms with van der Waals surface area (Å²) in [6, 6.07) is 0. The molecule has 3 rings (SSSR count). The van der Waals surface area contributed by atoms with Crippen molar-refractivity contribution >= 4 is 11.7 Å². The van der Waals surface area contributed by atoms with E-state index in [9.17, 15) is 4.79 Å². The first-order chi connectivity index (χ1) is 9.72. The smallest absolute Gasteiger partial charge is 0.271 e. The predicted molar refractivity (Wildman–Crippen MR) is 71.5 cm³/mol. The molecule has 2 fully saturated rings. The van der Waals surface area contributed by atoms with Crippen molar-refractivity contribution in [3.8, 4) is 0 Å². The van der Waals surface area contributed by atoms with Gasteiger partial charge in [0.2, 0.25) is 0 Å². The Hall–Kier alpha value is -1.73. The molecule has 2 aliphatic heterocycles. The molecular formula is C13H18N4O3. The van der Waals surface area contributed by atoms with E-state index >= 15 is 0 Å². The van der Waals surface area contributed by atoms with Crippen LogP contribution in [-0.4, -0.2) is 55.0 Å². The molecule has 0 radical (unpaired) electrons. The normalized spacial score (nSPS) is 21.1. The van der Waals surface area contributed by atoms with E-state index < -0.39 is 5.79 Å². The number of aromatic nitrogens is 2. The first-order valence-corrected chi connectivity index (χ1v) is 6.79. The van der Waals surface area contributed by atoms with Crippen LogP contribution >= 0.6 is 0 Å². The summed E-state index contributed by atoms with van der Waals surface area (Å²) in [6.07, 6.45) is 4.76. The summed E-state index contributed by atoms with van der Waals surface area (Å²) in [4.78, 5) is 22.1. The van der Waals surface area contributed by atoms with Crippen LogP contribution < -0.4 is 10.2 Å². The average Bonchev–Trinajstić information content (AvgIpc) is 2.95. The second kappa shape index (κ2) is 5.34. The van der Waals surface area contributed by atoms with E-state index in [1.807, 2.05) is 0 Å². The van der Waals surface area contributed by atoms with Crippen molar-refractivity contribution in [1.29, 1.82) is 0 Å². The largest absolute Gasteiger partial charge is 0.355 e. The third-order valence-corrected chi connectivity index (χ3v) is 3.74. The van der Waals surface area contributed by atoms with E-state index in [2.05, 4.69) is 20.2 Å². The van der Waals surface area contributed by atoms with Crippen LogP contribution in [0.15, 0.2) is 12.4 Å². The van der Waals surface area contributed by atoms with Gasteiger partial charge in [-0.3, -0.25) is 9.78 Å². The van der Waals surface area contributed by atoms with E-state index in [-0.39, 0.29) is 5.91 Å². The van der Waals surface area contributed by atoms with Crippen molar-refractivity contribution in [3.05, 3.63) is 18.1 Å². The van der Waals surface area contributed by atoms with Crippen LogP contribution in [0, 0.1) is 0 Å². The maximum absolute atomic E-state index is 11.6. The zero-order valence-electron chi connectivity index (χ0n) is 11.5. The summed E-state index contributed by atoms with van der Waals surface area (Å²) in [5.41, 5.74) is 0.332. The third kappa shape index (κ3) is 2.46. The number of piperidine rings is 1. The van der Waals surface area contributed by atoms with Crippen molar-refractivity contribution in [2.75, 3.05) is 38.3 Å². The highest BCUT2D eigenvalue weighted by atomic mass is 16.7. The highest BCUT2D eigenvalue weighted by Crippen LogP contribution is 2.32. The Bertz CT molecular complexity index is 492. The predicted octanol–water partition coefficient (Wildman–Crippen LogP) is 0.179. The minimum atomic E-state index is -0.400. The van der Waals surface area contributed by atoms with Gasteiger partial charge in [-0.05, 0) is 0 Å². The van der Waals surface area contributed by atoms with Gasteiger partial charge in [-0.1, -0.05) is 0 Å². The molecule has 0 aliphatic carbocycles. The minimum Gasteiger partial charge on any atom is -0.355 e. The number of nitrogens with zero attached hydrogens (tertiary/aromatic N) is 3. The van der Waals surface area contributed by atoms with Gasteiger partial charge in [-0.25, -0.2) is 4.98 Å². The van der Waals surface area contributed by atoms with Gasteiger partial charge in [-0.15, -0.1) is 0 Å². The van der Waals surface area contributed by atoms with E-state index in [4.69, 9.17) is 9.47 Å². The lowest BCUT2D eigenvalue weighted by Crippen LogP contribution is -2.45. The second-order valence-electron chi connectivity index (χ2n) is 4.94. The fraction of sp³-hybridized carbons (Fsp3) is 0.615. The first-order valence-electron chi connectivity index (χ1n) is 6.79. The van der Waals surface area contributed by atoms with Gasteiger partial charge >= 0.3 is 0 Å². The first kappa shape index (κ1) is 13.3. The molecule has 1 aromatic rings. The molecule has 7 nitrogen and oxygen atoms in total. The number of rotatable bonds is 2. The Balaban J connectivity index is 1.70. The Morgan fingerprint density at radius 1 is 1.30 bits per heavy atom. The van der Waals surface area contributed by atoms with Gasteiger partial charge in [0.15, 0.2) is 5.79 Å². The maximum Gasteiger partial charge on any atom is 0.271 e. The molecule has 1 aromatic heterocycles. The maximum atomic E-state index is 11.6. The number of nitrogens with one attached hydrogen (secondary N) is 1. The number of hydrogen-bond donors (Lipinski definition) is 1. The van der Waals surface area contributed by atoms with Gasteiger partial charge in [0.1, 0.15) is 11.5 Å². The number of ether oxygens (including phenoxy) is 2. The van der Waals surface area contributed by atoms with Crippen molar-refractivity contribution < 1.29 is 14.3 Å². The molecule has 108 valence electrons. The molecule has 1 amide bonds. The number of anilines is 1. The van der Waals surface area contributed by atoms with Crippen molar-refractivity contribution in [2.24, 2.45) is 0 Å². The quantitative estimate of drug-likeness (QED) is 0.831. The van der Waals surface area contributed by atoms with Crippen LogP contribution in [0.2, 0.25) is 0 Å². The van der Waals surface area contributed by atoms with E-state index in [0.717, 1.165) is 31.7 Å². The summed E-state index contributed by atoms with van der Waals surface area (Å²) >= 11 is 0. The van der Waals surface area contributed by atoms with Crippen LogP contribution in [0.1, 0.15) is 23.3 Å². The molecule has 1 spiro atoms. The zero-order valence-corrected chi connectivity index (χ0v) is 11.5. The van der Waals surface area contributed by atoms with Gasteiger partial charge in [0, 0.05) is 33.0 Å². The minimum absolute atomic E-state index is 0.227. The number of carbonyl (C=O) groups is 1. The topological polar surface area (TPSA) is 76.6 Å². The van der Waals surface area contributed by atoms with Crippen molar-refractivity contribution in [3.63, 3.8) is 0 Å². The van der Waals surface area contributed by atoms with Crippen molar-refractivity contribution in [2.45, 2.75) is 18.6 Å². The summed E-state index contributed by atoms with van der Waals surface area (Å²) in [6.45, 7) is 2.91. The molecule has 0 bridgehead atoms. The Kier molecular flexibility index (Phi) is 3.54. The standard InChI is InChI=1S/C13H18N4O3/c1-14-12(18)10-8-15-9-11(16-10)17-4-2-13(3-5-17)19-6-7-20-13/h8-9H,2-7H2,1H3,(H,14,18). The van der Waals surface area contributed by atoms with Crippen LogP contribution in [0.3, 0.4) is 0 Å². The van der Waals surface area contributed by atoms with E-state index in [1.54, 1.807) is 13.2 Å². The second-order valence-corrected chi connectivity index (χ2v) is 4.94. The van der Waals surface area contributed by atoms with Crippen LogP contribution in [0.25, 0.3) is 0 Å². The van der Waals surface area contributed by atoms with Crippen LogP contribution in [0.4, 0.5) is 5.82 Å². The zero-order chi connectivity index (χ0) is 14.0. The number of amides is 1. The molecule has 1 N–H and O–H groups in total. The van der Waals surface area contributed by atoms with Crippen LogP contribution in [0.5, 0.6) is 0 Å². The highest BCUT2D eigenvalue weighted by molar-refractivity contribution is 5.92. The monoisotopic (exact) mass is 278 g/mol. The Morgan fingerprint density at radius 2 is 2.00 bits per heavy atom. The SMILES string of the molecule is CNC(=O)c1cncc(N2CCC3(CC2)OCCO3)n1. The summed E-state index contributed by atoms with van der Waals surface area (Å²) in [5, 5.41) is 2.55. The van der Waals surface area contributed by atoms with Gasteiger partial charge < -0.3 is 19.7 Å². The van der Waals surface area contributed by atoms with E-state index in [1.165, 1.54) is 6.20 Å². The highest BCUT2D eigenvalue weighted by Gasteiger charge is 2.40. The molecule has 2 saturated heterocycles. The van der Waals surface area contributed by atoms with Crippen molar-refractivity contribution in [1.82, 2.24) is 15.3 Å². The molecule has 3 heterocycles. The lowest BCUT2D eigenvalue weighted by Gasteiger charge is -2.38. The fourth-order valence-corrected chi connectivity index (χ4v) is 2.61. The summed E-state index contributed by atoms with van der Waals surface area (Å²) in [7, 11) is 1.58. The Labute approximate surface area is 117 Å². The van der Waals surface area contributed by atoms with Gasteiger partial charge in [0.25, 0.3) is 5.91 Å². The average molecular weight is 278 g/mol. The molecule has 7 heteroatoms. The Morgan fingerprint density at radius 3 is 2.65 bits per heavy atom. The number of carbonyl (C=O) groups excluding carboxylic acids is 1. The van der Waals surface area contributed by atoms with Gasteiger partial charge in [0.05, 0.1) is 25.6 Å². The molecule has 2 aliphatic rings. The lowest BCUT2D eigenvalue weighted by molar-refractivity contribution is -0.169. The molecule has 0 saturated carbocycles. The molecule has 0 unspecified atom stereocenters. The summed E-state index contributed by atoms with van der Waals surface area (Å²) < 4.78 is 11.4. The van der Waals surface area contributed by atoms with E-state index in [0.29, 0.717) is 18.9 Å². The molecular weight excluding hydrogens is 260 g/mol. The van der Waals surface area contributed by atoms with Gasteiger partial charge in [-0.2, -0.15) is 0 Å². The third-order valence-electron chi connectivity index (χ3n) is 3.74. The molecule has 0 aromatic carbocycles. The lowest BCUT2D eigenvalue weighted by atomic mass is 10.0. The molecule has 20 heavy (non-hydrogen) atoms. The fourth-order valence-electron chi connectivity index (χ4n) is 2.61. The number of hydrogen-bond acceptors (Lipinski definition) is 6. The summed E-state index contributed by atoms with van der Waals surface area (Å²) in [5.74, 6) is 0.0942.